The number of hydrogen-bond donors (Lipinski definition) is 2. The molecule has 0 saturated heterocycles. The van der Waals surface area contributed by atoms with Gasteiger partial charge in [0.1, 0.15) is 0 Å². The number of sulfonamides is 1. The SMILES string of the molecule is CCN(CC)S(=O)(=O)c1ccc([C@@H](C)N[C@@H](C)C(=O)Nc2cccc(C)c2)cc1. The molecule has 1 amide bonds. The van der Waals surface area contributed by atoms with E-state index in [1.165, 1.54) is 4.31 Å². The van der Waals surface area contributed by atoms with Crippen LogP contribution in [0.15, 0.2) is 53.4 Å². The molecule has 0 aromatic heterocycles. The molecule has 7 heteroatoms. The monoisotopic (exact) mass is 417 g/mol. The molecule has 0 aliphatic carbocycles. The van der Waals surface area contributed by atoms with E-state index in [9.17, 15) is 13.2 Å². The quantitative estimate of drug-likeness (QED) is 0.652. The predicted octanol–water partition coefficient (Wildman–Crippen LogP) is 3.70. The van der Waals surface area contributed by atoms with Crippen molar-refractivity contribution < 1.29 is 13.2 Å². The van der Waals surface area contributed by atoms with Crippen molar-refractivity contribution in [3.8, 4) is 0 Å². The molecule has 0 aliphatic rings. The van der Waals surface area contributed by atoms with Crippen molar-refractivity contribution >= 4 is 21.6 Å². The number of carbonyl (C=O) groups excluding carboxylic acids is 1. The first kappa shape index (κ1) is 23.1. The van der Waals surface area contributed by atoms with Gasteiger partial charge in [-0.05, 0) is 56.2 Å². The summed E-state index contributed by atoms with van der Waals surface area (Å²) in [5.74, 6) is -0.122. The maximum Gasteiger partial charge on any atom is 0.243 e. The molecule has 158 valence electrons. The van der Waals surface area contributed by atoms with Crippen molar-refractivity contribution in [2.75, 3.05) is 18.4 Å². The summed E-state index contributed by atoms with van der Waals surface area (Å²) in [5.41, 5.74) is 2.76. The van der Waals surface area contributed by atoms with Crippen LogP contribution in [0.4, 0.5) is 5.69 Å². The van der Waals surface area contributed by atoms with E-state index in [-0.39, 0.29) is 16.8 Å². The largest absolute Gasteiger partial charge is 0.325 e. The molecule has 0 bridgehead atoms. The molecule has 2 aromatic carbocycles. The summed E-state index contributed by atoms with van der Waals surface area (Å²) < 4.78 is 26.6. The topological polar surface area (TPSA) is 78.5 Å². The van der Waals surface area contributed by atoms with Crippen LogP contribution in [0.1, 0.15) is 44.9 Å². The summed E-state index contributed by atoms with van der Waals surface area (Å²) in [6.45, 7) is 10.3. The van der Waals surface area contributed by atoms with Gasteiger partial charge in [-0.2, -0.15) is 4.31 Å². The predicted molar refractivity (Wildman–Crippen MR) is 117 cm³/mol. The zero-order chi connectivity index (χ0) is 21.6. The summed E-state index contributed by atoms with van der Waals surface area (Å²) in [6, 6.07) is 14.0. The molecule has 0 spiro atoms. The molecule has 2 N–H and O–H groups in total. The molecule has 2 atom stereocenters. The molecular formula is C22H31N3O3S. The maximum absolute atomic E-state index is 12.6. The molecule has 0 radical (unpaired) electrons. The lowest BCUT2D eigenvalue weighted by atomic mass is 10.1. The summed E-state index contributed by atoms with van der Waals surface area (Å²) >= 11 is 0. The first-order chi connectivity index (χ1) is 13.7. The van der Waals surface area contributed by atoms with Gasteiger partial charge in [0.2, 0.25) is 15.9 Å². The summed E-state index contributed by atoms with van der Waals surface area (Å²) in [6.07, 6.45) is 0. The number of carbonyl (C=O) groups is 1. The van der Waals surface area contributed by atoms with Gasteiger partial charge in [0.25, 0.3) is 0 Å². The molecule has 0 fully saturated rings. The molecule has 2 rings (SSSR count). The van der Waals surface area contributed by atoms with E-state index in [0.29, 0.717) is 13.1 Å². The van der Waals surface area contributed by atoms with Crippen molar-refractivity contribution in [1.29, 1.82) is 0 Å². The number of benzene rings is 2. The van der Waals surface area contributed by atoms with E-state index in [2.05, 4.69) is 10.6 Å². The fourth-order valence-electron chi connectivity index (χ4n) is 3.16. The number of hydrogen-bond acceptors (Lipinski definition) is 4. The molecule has 6 nitrogen and oxygen atoms in total. The number of aryl methyl sites for hydroxylation is 1. The maximum atomic E-state index is 12.6. The third-order valence-corrected chi connectivity index (χ3v) is 6.97. The fraction of sp³-hybridized carbons (Fsp3) is 0.409. The minimum Gasteiger partial charge on any atom is -0.325 e. The standard InChI is InChI=1S/C22H31N3O3S/c1-6-25(7-2)29(27,28)21-13-11-19(12-14-21)17(4)23-18(5)22(26)24-20-10-8-9-16(3)15-20/h8-15,17-18,23H,6-7H2,1-5H3,(H,24,26)/t17-,18+/m1/s1. The minimum absolute atomic E-state index is 0.113. The van der Waals surface area contributed by atoms with Gasteiger partial charge >= 0.3 is 0 Å². The normalized spacial score (nSPS) is 13.9. The highest BCUT2D eigenvalue weighted by Crippen LogP contribution is 2.20. The molecule has 2 aromatic rings. The van der Waals surface area contributed by atoms with E-state index in [1.807, 2.05) is 52.0 Å². The smallest absolute Gasteiger partial charge is 0.243 e. The number of nitrogens with zero attached hydrogens (tertiary/aromatic N) is 1. The van der Waals surface area contributed by atoms with Crippen LogP contribution < -0.4 is 10.6 Å². The summed E-state index contributed by atoms with van der Waals surface area (Å²) in [7, 11) is -3.47. The third-order valence-electron chi connectivity index (χ3n) is 4.90. The average molecular weight is 418 g/mol. The van der Waals surface area contributed by atoms with Gasteiger partial charge in [0, 0.05) is 24.8 Å². The van der Waals surface area contributed by atoms with Crippen LogP contribution in [-0.4, -0.2) is 37.8 Å². The number of anilines is 1. The van der Waals surface area contributed by atoms with Crippen LogP contribution in [0.25, 0.3) is 0 Å². The van der Waals surface area contributed by atoms with E-state index < -0.39 is 16.1 Å². The number of nitrogens with one attached hydrogen (secondary N) is 2. The molecule has 0 saturated carbocycles. The van der Waals surface area contributed by atoms with Gasteiger partial charge in [-0.15, -0.1) is 0 Å². The number of amides is 1. The van der Waals surface area contributed by atoms with Gasteiger partial charge in [0.05, 0.1) is 10.9 Å². The highest BCUT2D eigenvalue weighted by molar-refractivity contribution is 7.89. The van der Waals surface area contributed by atoms with Gasteiger partial charge in [-0.1, -0.05) is 38.1 Å². The zero-order valence-electron chi connectivity index (χ0n) is 17.8. The van der Waals surface area contributed by atoms with Crippen molar-refractivity contribution in [2.24, 2.45) is 0 Å². The Morgan fingerprint density at radius 2 is 1.66 bits per heavy atom. The summed E-state index contributed by atoms with van der Waals surface area (Å²) in [5, 5.41) is 6.17. The molecule has 0 heterocycles. The van der Waals surface area contributed by atoms with Gasteiger partial charge in [-0.25, -0.2) is 8.42 Å². The van der Waals surface area contributed by atoms with Crippen LogP contribution in [0.2, 0.25) is 0 Å². The summed E-state index contributed by atoms with van der Waals surface area (Å²) in [4.78, 5) is 12.7. The van der Waals surface area contributed by atoms with Gasteiger partial charge < -0.3 is 5.32 Å². The molecule has 0 aliphatic heterocycles. The second kappa shape index (κ2) is 10.0. The highest BCUT2D eigenvalue weighted by atomic mass is 32.2. The Hall–Kier alpha value is -2.22. The van der Waals surface area contributed by atoms with Crippen molar-refractivity contribution in [2.45, 2.75) is 51.6 Å². The van der Waals surface area contributed by atoms with Crippen LogP contribution in [0.5, 0.6) is 0 Å². The van der Waals surface area contributed by atoms with Crippen LogP contribution in [0.3, 0.4) is 0 Å². The molecule has 0 unspecified atom stereocenters. The van der Waals surface area contributed by atoms with E-state index in [0.717, 1.165) is 16.8 Å². The second-order valence-electron chi connectivity index (χ2n) is 7.13. The van der Waals surface area contributed by atoms with Crippen LogP contribution in [0, 0.1) is 6.92 Å². The second-order valence-corrected chi connectivity index (χ2v) is 9.07. The van der Waals surface area contributed by atoms with Crippen LogP contribution in [-0.2, 0) is 14.8 Å². The van der Waals surface area contributed by atoms with E-state index in [4.69, 9.17) is 0 Å². The molecular weight excluding hydrogens is 386 g/mol. The number of rotatable bonds is 9. The zero-order valence-corrected chi connectivity index (χ0v) is 18.6. The first-order valence-corrected chi connectivity index (χ1v) is 11.4. The molecule has 29 heavy (non-hydrogen) atoms. The third kappa shape index (κ3) is 5.88. The van der Waals surface area contributed by atoms with Crippen LogP contribution >= 0.6 is 0 Å². The Kier molecular flexibility index (Phi) is 7.96. The van der Waals surface area contributed by atoms with Gasteiger partial charge in [0.15, 0.2) is 0 Å². The average Bonchev–Trinajstić information content (AvgIpc) is 2.68. The van der Waals surface area contributed by atoms with Gasteiger partial charge in [-0.3, -0.25) is 10.1 Å². The van der Waals surface area contributed by atoms with Crippen molar-refractivity contribution in [3.63, 3.8) is 0 Å². The minimum atomic E-state index is -3.47. The Balaban J connectivity index is 2.03. The fourth-order valence-corrected chi connectivity index (χ4v) is 4.62. The lowest BCUT2D eigenvalue weighted by Gasteiger charge is -2.21. The van der Waals surface area contributed by atoms with Crippen molar-refractivity contribution in [3.05, 3.63) is 59.7 Å². The van der Waals surface area contributed by atoms with E-state index >= 15 is 0 Å². The Morgan fingerprint density at radius 3 is 2.21 bits per heavy atom. The lowest BCUT2D eigenvalue weighted by Crippen LogP contribution is -2.39. The Bertz CT molecular complexity index is 923. The highest BCUT2D eigenvalue weighted by Gasteiger charge is 2.22. The first-order valence-electron chi connectivity index (χ1n) is 9.92. The lowest BCUT2D eigenvalue weighted by molar-refractivity contribution is -0.117. The van der Waals surface area contributed by atoms with E-state index in [1.54, 1.807) is 31.2 Å². The van der Waals surface area contributed by atoms with Crippen molar-refractivity contribution in [1.82, 2.24) is 9.62 Å². The Morgan fingerprint density at radius 1 is 1.03 bits per heavy atom. The Labute approximate surface area is 174 Å².